The number of likely N-dealkylation sites (tertiary alicyclic amines) is 1. The van der Waals surface area contributed by atoms with E-state index >= 15 is 0 Å². The predicted octanol–water partition coefficient (Wildman–Crippen LogP) is 3.59. The molecule has 4 rings (SSSR count). The minimum Gasteiger partial charge on any atom is -0.490 e. The summed E-state index contributed by atoms with van der Waals surface area (Å²) in [6, 6.07) is 6.13. The van der Waals surface area contributed by atoms with Crippen molar-refractivity contribution in [2.75, 3.05) is 19.8 Å². The first-order valence-electron chi connectivity index (χ1n) is 8.35. The molecule has 24 heavy (non-hydrogen) atoms. The summed E-state index contributed by atoms with van der Waals surface area (Å²) in [7, 11) is 0. The summed E-state index contributed by atoms with van der Waals surface area (Å²) < 4.78 is 11.5. The fourth-order valence-electron chi connectivity index (χ4n) is 3.35. The standard InChI is InChI=1S/C18H20N2O3S/c1-12-19-14(11-24-12)18(21)20-7-2-4-15(20)13-5-6-16-17(10-13)23-9-3-8-22-16/h5-6,10-11,15H,2-4,7-9H2,1H3. The molecule has 0 bridgehead atoms. The molecule has 0 aliphatic carbocycles. The minimum atomic E-state index is 0.0222. The summed E-state index contributed by atoms with van der Waals surface area (Å²) in [6.07, 6.45) is 2.86. The van der Waals surface area contributed by atoms with Crippen LogP contribution < -0.4 is 9.47 Å². The number of ether oxygens (including phenoxy) is 2. The van der Waals surface area contributed by atoms with Gasteiger partial charge in [0, 0.05) is 18.3 Å². The second kappa shape index (κ2) is 6.43. The Kier molecular flexibility index (Phi) is 4.14. The molecule has 1 unspecified atom stereocenters. The molecule has 1 fully saturated rings. The van der Waals surface area contributed by atoms with Gasteiger partial charge < -0.3 is 14.4 Å². The van der Waals surface area contributed by atoms with E-state index in [0.717, 1.165) is 47.9 Å². The highest BCUT2D eigenvalue weighted by molar-refractivity contribution is 7.09. The number of nitrogens with zero attached hydrogens (tertiary/aromatic N) is 2. The van der Waals surface area contributed by atoms with E-state index in [1.165, 1.54) is 11.3 Å². The van der Waals surface area contributed by atoms with Crippen molar-refractivity contribution < 1.29 is 14.3 Å². The van der Waals surface area contributed by atoms with E-state index in [9.17, 15) is 4.79 Å². The molecule has 1 atom stereocenters. The maximum absolute atomic E-state index is 12.8. The first-order chi connectivity index (χ1) is 11.7. The zero-order valence-corrected chi connectivity index (χ0v) is 14.5. The van der Waals surface area contributed by atoms with E-state index in [1.807, 2.05) is 29.3 Å². The highest BCUT2D eigenvalue weighted by Gasteiger charge is 2.32. The van der Waals surface area contributed by atoms with Crippen LogP contribution in [0.1, 0.15) is 46.4 Å². The number of rotatable bonds is 2. The van der Waals surface area contributed by atoms with Crippen molar-refractivity contribution in [2.24, 2.45) is 0 Å². The third-order valence-electron chi connectivity index (χ3n) is 4.51. The molecule has 126 valence electrons. The molecule has 0 saturated carbocycles. The van der Waals surface area contributed by atoms with Crippen LogP contribution >= 0.6 is 11.3 Å². The predicted molar refractivity (Wildman–Crippen MR) is 91.9 cm³/mol. The van der Waals surface area contributed by atoms with E-state index in [2.05, 4.69) is 11.1 Å². The quantitative estimate of drug-likeness (QED) is 0.835. The molecule has 2 aliphatic rings. The largest absolute Gasteiger partial charge is 0.490 e. The Bertz CT molecular complexity index is 758. The van der Waals surface area contributed by atoms with E-state index in [4.69, 9.17) is 9.47 Å². The summed E-state index contributed by atoms with van der Waals surface area (Å²) in [5, 5.41) is 2.77. The van der Waals surface area contributed by atoms with Crippen molar-refractivity contribution in [1.82, 2.24) is 9.88 Å². The fraction of sp³-hybridized carbons (Fsp3) is 0.444. The number of aromatic nitrogens is 1. The average molecular weight is 344 g/mol. The van der Waals surface area contributed by atoms with Gasteiger partial charge in [0.05, 0.1) is 24.3 Å². The van der Waals surface area contributed by atoms with Crippen molar-refractivity contribution in [3.63, 3.8) is 0 Å². The molecule has 1 amide bonds. The number of carbonyl (C=O) groups is 1. The van der Waals surface area contributed by atoms with Crippen molar-refractivity contribution in [3.8, 4) is 11.5 Å². The molecule has 2 aromatic rings. The highest BCUT2D eigenvalue weighted by Crippen LogP contribution is 2.38. The van der Waals surface area contributed by atoms with Crippen LogP contribution in [0.15, 0.2) is 23.6 Å². The smallest absolute Gasteiger partial charge is 0.273 e. The molecule has 6 heteroatoms. The average Bonchev–Trinajstić information content (AvgIpc) is 3.18. The van der Waals surface area contributed by atoms with Crippen LogP contribution in [-0.4, -0.2) is 35.5 Å². The van der Waals surface area contributed by atoms with E-state index in [0.29, 0.717) is 18.9 Å². The number of benzene rings is 1. The molecule has 3 heterocycles. The second-order valence-corrected chi connectivity index (χ2v) is 7.23. The SMILES string of the molecule is Cc1nc(C(=O)N2CCCC2c2ccc3c(c2)OCCCO3)cs1. The third kappa shape index (κ3) is 2.86. The summed E-state index contributed by atoms with van der Waals surface area (Å²) in [4.78, 5) is 19.1. The fourth-order valence-corrected chi connectivity index (χ4v) is 3.94. The van der Waals surface area contributed by atoms with E-state index in [-0.39, 0.29) is 11.9 Å². The van der Waals surface area contributed by atoms with Gasteiger partial charge in [0.15, 0.2) is 11.5 Å². The van der Waals surface area contributed by atoms with Crippen molar-refractivity contribution in [3.05, 3.63) is 39.8 Å². The Morgan fingerprint density at radius 3 is 2.88 bits per heavy atom. The van der Waals surface area contributed by atoms with Gasteiger partial charge in [0.25, 0.3) is 5.91 Å². The van der Waals surface area contributed by atoms with Gasteiger partial charge in [-0.3, -0.25) is 4.79 Å². The molecule has 0 spiro atoms. The number of thiazole rings is 1. The normalized spacial score (nSPS) is 20.0. The number of fused-ring (bicyclic) bond motifs is 1. The first kappa shape index (κ1) is 15.4. The van der Waals surface area contributed by atoms with Crippen molar-refractivity contribution >= 4 is 17.2 Å². The maximum Gasteiger partial charge on any atom is 0.273 e. The first-order valence-corrected chi connectivity index (χ1v) is 9.23. The molecule has 1 aromatic carbocycles. The summed E-state index contributed by atoms with van der Waals surface area (Å²) in [5.41, 5.74) is 1.66. The summed E-state index contributed by atoms with van der Waals surface area (Å²) in [6.45, 7) is 4.05. The molecule has 0 N–H and O–H groups in total. The van der Waals surface area contributed by atoms with Gasteiger partial charge in [-0.1, -0.05) is 6.07 Å². The van der Waals surface area contributed by atoms with Gasteiger partial charge in [-0.05, 0) is 37.5 Å². The molecule has 5 nitrogen and oxygen atoms in total. The summed E-state index contributed by atoms with van der Waals surface area (Å²) in [5.74, 6) is 1.60. The van der Waals surface area contributed by atoms with Gasteiger partial charge in [0.1, 0.15) is 5.69 Å². The minimum absolute atomic E-state index is 0.0222. The van der Waals surface area contributed by atoms with Gasteiger partial charge in [-0.25, -0.2) is 4.98 Å². The topological polar surface area (TPSA) is 51.7 Å². The lowest BCUT2D eigenvalue weighted by Crippen LogP contribution is -2.30. The lowest BCUT2D eigenvalue weighted by molar-refractivity contribution is 0.0730. The number of carbonyl (C=O) groups excluding carboxylic acids is 1. The molecule has 1 saturated heterocycles. The van der Waals surface area contributed by atoms with Crippen LogP contribution in [0.2, 0.25) is 0 Å². The summed E-state index contributed by atoms with van der Waals surface area (Å²) >= 11 is 1.51. The Balaban J connectivity index is 1.61. The van der Waals surface area contributed by atoms with E-state index < -0.39 is 0 Å². The number of aryl methyl sites for hydroxylation is 1. The Hall–Kier alpha value is -2.08. The van der Waals surface area contributed by atoms with Crippen molar-refractivity contribution in [1.29, 1.82) is 0 Å². The van der Waals surface area contributed by atoms with Gasteiger partial charge in [-0.2, -0.15) is 0 Å². The number of hydrogen-bond donors (Lipinski definition) is 0. The number of hydrogen-bond acceptors (Lipinski definition) is 5. The van der Waals surface area contributed by atoms with Crippen LogP contribution in [0, 0.1) is 6.92 Å². The lowest BCUT2D eigenvalue weighted by Gasteiger charge is -2.25. The molecule has 0 radical (unpaired) electrons. The van der Waals surface area contributed by atoms with Gasteiger partial charge >= 0.3 is 0 Å². The van der Waals surface area contributed by atoms with Crippen LogP contribution in [0.3, 0.4) is 0 Å². The monoisotopic (exact) mass is 344 g/mol. The lowest BCUT2D eigenvalue weighted by atomic mass is 10.0. The molecule has 1 aromatic heterocycles. The Labute approximate surface area is 145 Å². The van der Waals surface area contributed by atoms with Crippen LogP contribution in [-0.2, 0) is 0 Å². The Morgan fingerprint density at radius 1 is 1.25 bits per heavy atom. The van der Waals surface area contributed by atoms with E-state index in [1.54, 1.807) is 0 Å². The highest BCUT2D eigenvalue weighted by atomic mass is 32.1. The third-order valence-corrected chi connectivity index (χ3v) is 5.28. The zero-order valence-electron chi connectivity index (χ0n) is 13.7. The molecular formula is C18H20N2O3S. The van der Waals surface area contributed by atoms with Crippen molar-refractivity contribution in [2.45, 2.75) is 32.2 Å². The second-order valence-electron chi connectivity index (χ2n) is 6.16. The van der Waals surface area contributed by atoms with Gasteiger partial charge in [-0.15, -0.1) is 11.3 Å². The van der Waals surface area contributed by atoms with Crippen LogP contribution in [0.25, 0.3) is 0 Å². The number of amides is 1. The Morgan fingerprint density at radius 2 is 2.08 bits per heavy atom. The zero-order chi connectivity index (χ0) is 16.5. The van der Waals surface area contributed by atoms with Gasteiger partial charge in [0.2, 0.25) is 0 Å². The molecule has 2 aliphatic heterocycles. The van der Waals surface area contributed by atoms with Crippen LogP contribution in [0.5, 0.6) is 11.5 Å². The van der Waals surface area contributed by atoms with Crippen LogP contribution in [0.4, 0.5) is 0 Å². The maximum atomic E-state index is 12.8. The molecular weight excluding hydrogens is 324 g/mol.